The van der Waals surface area contributed by atoms with Crippen LogP contribution in [0.15, 0.2) is 29.1 Å². The van der Waals surface area contributed by atoms with Gasteiger partial charge in [-0.25, -0.2) is 14.6 Å². The Morgan fingerprint density at radius 3 is 2.47 bits per heavy atom. The van der Waals surface area contributed by atoms with Crippen molar-refractivity contribution in [2.24, 2.45) is 0 Å². The summed E-state index contributed by atoms with van der Waals surface area (Å²) in [5.41, 5.74) is 4.36. The lowest BCUT2D eigenvalue weighted by molar-refractivity contribution is -0.148. The number of fused-ring (bicyclic) bond motifs is 5. The molecular formula is C35H43N5O7. The molecule has 0 radical (unpaired) electrons. The molecule has 0 spiro atoms. The molecular weight excluding hydrogens is 602 g/mol. The van der Waals surface area contributed by atoms with Gasteiger partial charge in [-0.05, 0) is 84.0 Å². The van der Waals surface area contributed by atoms with Gasteiger partial charge in [-0.1, -0.05) is 6.92 Å². The van der Waals surface area contributed by atoms with Crippen molar-refractivity contribution in [1.82, 2.24) is 24.3 Å². The first-order chi connectivity index (χ1) is 22.3. The molecule has 12 nitrogen and oxygen atoms in total. The zero-order chi connectivity index (χ0) is 33.8. The number of carbonyl (C=O) groups is 3. The van der Waals surface area contributed by atoms with E-state index in [1.54, 1.807) is 27.5 Å². The van der Waals surface area contributed by atoms with Gasteiger partial charge in [0.1, 0.15) is 18.0 Å². The highest BCUT2D eigenvalue weighted by Crippen LogP contribution is 2.38. The Hall–Kier alpha value is -4.45. The Morgan fingerprint density at radius 1 is 1.09 bits per heavy atom. The van der Waals surface area contributed by atoms with Gasteiger partial charge in [0.25, 0.3) is 5.56 Å². The number of hydrogen-bond acceptors (Lipinski definition) is 9. The minimum absolute atomic E-state index is 0.0193. The van der Waals surface area contributed by atoms with E-state index in [0.717, 1.165) is 22.1 Å². The Kier molecular flexibility index (Phi) is 8.50. The van der Waals surface area contributed by atoms with Crippen molar-refractivity contribution < 1.29 is 28.6 Å². The summed E-state index contributed by atoms with van der Waals surface area (Å²) in [6.45, 7) is 9.25. The molecule has 3 aliphatic rings. The minimum Gasteiger partial charge on any atom is -0.460 e. The van der Waals surface area contributed by atoms with E-state index >= 15 is 0 Å². The highest BCUT2D eigenvalue weighted by Gasteiger charge is 2.35. The summed E-state index contributed by atoms with van der Waals surface area (Å²) in [6, 6.07) is 7.49. The molecule has 1 aromatic carbocycles. The molecule has 2 amide bonds. The number of likely N-dealkylation sites (tertiary alicyclic amines) is 1. The molecule has 0 aliphatic carbocycles. The molecule has 0 saturated carbocycles. The fourth-order valence-corrected chi connectivity index (χ4v) is 6.77. The highest BCUT2D eigenvalue weighted by atomic mass is 16.6. The number of rotatable bonds is 5. The first kappa shape index (κ1) is 32.5. The van der Waals surface area contributed by atoms with Crippen molar-refractivity contribution in [3.8, 4) is 17.1 Å². The summed E-state index contributed by atoms with van der Waals surface area (Å²) in [5.74, 6) is -0.330. The van der Waals surface area contributed by atoms with Gasteiger partial charge in [-0.15, -0.1) is 0 Å². The van der Waals surface area contributed by atoms with Gasteiger partial charge < -0.3 is 33.5 Å². The van der Waals surface area contributed by atoms with E-state index in [1.165, 1.54) is 0 Å². The Labute approximate surface area is 274 Å². The van der Waals surface area contributed by atoms with Crippen LogP contribution in [0.3, 0.4) is 0 Å². The van der Waals surface area contributed by atoms with Gasteiger partial charge in [0.05, 0.1) is 34.9 Å². The average Bonchev–Trinajstić information content (AvgIpc) is 3.37. The fourth-order valence-electron chi connectivity index (χ4n) is 6.77. The van der Waals surface area contributed by atoms with Crippen LogP contribution in [0.25, 0.3) is 22.3 Å². The van der Waals surface area contributed by atoms with Crippen molar-refractivity contribution in [3.05, 3.63) is 56.9 Å². The summed E-state index contributed by atoms with van der Waals surface area (Å²) in [6.07, 6.45) is 0.967. The summed E-state index contributed by atoms with van der Waals surface area (Å²) in [5, 5.41) is 0.839. The molecule has 5 heterocycles. The van der Waals surface area contributed by atoms with Gasteiger partial charge in [0.2, 0.25) is 0 Å². The maximum absolute atomic E-state index is 13.6. The van der Waals surface area contributed by atoms with E-state index in [0.29, 0.717) is 73.7 Å². The molecule has 2 aromatic heterocycles. The number of benzene rings is 1. The average molecular weight is 646 g/mol. The van der Waals surface area contributed by atoms with Gasteiger partial charge >= 0.3 is 18.2 Å². The molecule has 3 aromatic rings. The predicted octanol–water partition coefficient (Wildman–Crippen LogP) is 4.87. The molecule has 0 bridgehead atoms. The van der Waals surface area contributed by atoms with E-state index in [-0.39, 0.29) is 30.3 Å². The van der Waals surface area contributed by atoms with Crippen LogP contribution in [0.1, 0.15) is 75.1 Å². The fraction of sp³-hybridized carbons (Fsp3) is 0.514. The third kappa shape index (κ3) is 6.18. The van der Waals surface area contributed by atoms with Crippen molar-refractivity contribution in [1.29, 1.82) is 0 Å². The van der Waals surface area contributed by atoms with E-state index in [4.69, 9.17) is 19.2 Å². The zero-order valence-corrected chi connectivity index (χ0v) is 28.2. The number of hydrogen-bond donors (Lipinski definition) is 0. The number of ether oxygens (including phenoxy) is 3. The van der Waals surface area contributed by atoms with Crippen LogP contribution in [-0.4, -0.2) is 88.3 Å². The monoisotopic (exact) mass is 645 g/mol. The van der Waals surface area contributed by atoms with Crippen LogP contribution < -0.4 is 10.3 Å². The molecule has 1 fully saturated rings. The number of amides is 2. The number of piperidine rings is 1. The van der Waals surface area contributed by atoms with Gasteiger partial charge in [0, 0.05) is 49.2 Å². The Balaban J connectivity index is 1.26. The smallest absolute Gasteiger partial charge is 0.415 e. The SMILES string of the molecule is CCC1C(=O)OCc2c1cc1n(c2=O)Cc2cc3c(CN(C)C)c(OC(=O)N(C)C4CCN(C(=O)OC(C)(C)C)CC4)ccc3nc2-1. The van der Waals surface area contributed by atoms with Gasteiger partial charge in [-0.2, -0.15) is 0 Å². The van der Waals surface area contributed by atoms with Gasteiger partial charge in [-0.3, -0.25) is 9.59 Å². The number of carbonyl (C=O) groups excluding carboxylic acids is 3. The number of cyclic esters (lactones) is 1. The second-order valence-electron chi connectivity index (χ2n) is 13.9. The van der Waals surface area contributed by atoms with Crippen LogP contribution in [0, 0.1) is 0 Å². The second-order valence-corrected chi connectivity index (χ2v) is 13.9. The third-order valence-corrected chi connectivity index (χ3v) is 9.20. The second kappa shape index (κ2) is 12.3. The molecule has 3 aliphatic heterocycles. The van der Waals surface area contributed by atoms with Crippen molar-refractivity contribution >= 4 is 29.1 Å². The normalized spacial score (nSPS) is 17.7. The standard InChI is InChI=1S/C35H43N5O7/c1-8-22-23-16-28-30-20(17-40(28)31(41)26(23)19-45-32(22)42)15-24-25(18-37(5)6)29(10-9-27(24)36-30)46-33(43)38(7)21-11-13-39(14-12-21)34(44)47-35(2,3)4/h9-10,15-16,21-22H,8,11-14,17-19H2,1-7H3. The number of pyridine rings is 2. The number of aromatic nitrogens is 2. The molecule has 47 heavy (non-hydrogen) atoms. The molecule has 1 unspecified atom stereocenters. The maximum atomic E-state index is 13.6. The quantitative estimate of drug-likeness (QED) is 0.280. The summed E-state index contributed by atoms with van der Waals surface area (Å²) >= 11 is 0. The van der Waals surface area contributed by atoms with Crippen LogP contribution in [-0.2, 0) is 34.0 Å². The lowest BCUT2D eigenvalue weighted by Crippen LogP contribution is -2.49. The van der Waals surface area contributed by atoms with Crippen molar-refractivity contribution in [2.75, 3.05) is 34.2 Å². The Morgan fingerprint density at radius 2 is 1.81 bits per heavy atom. The van der Waals surface area contributed by atoms with Crippen LogP contribution >= 0.6 is 0 Å². The lowest BCUT2D eigenvalue weighted by Gasteiger charge is -2.36. The largest absolute Gasteiger partial charge is 0.460 e. The van der Waals surface area contributed by atoms with E-state index < -0.39 is 17.6 Å². The zero-order valence-electron chi connectivity index (χ0n) is 28.2. The summed E-state index contributed by atoms with van der Waals surface area (Å²) in [4.78, 5) is 62.3. The van der Waals surface area contributed by atoms with E-state index in [2.05, 4.69) is 0 Å². The summed E-state index contributed by atoms with van der Waals surface area (Å²) in [7, 11) is 5.62. The van der Waals surface area contributed by atoms with Crippen LogP contribution in [0.4, 0.5) is 9.59 Å². The molecule has 1 atom stereocenters. The van der Waals surface area contributed by atoms with Crippen LogP contribution in [0.5, 0.6) is 5.75 Å². The first-order valence-corrected chi connectivity index (χ1v) is 16.2. The Bertz CT molecular complexity index is 1820. The summed E-state index contributed by atoms with van der Waals surface area (Å²) < 4.78 is 18.6. The third-order valence-electron chi connectivity index (χ3n) is 9.20. The maximum Gasteiger partial charge on any atom is 0.415 e. The number of esters is 1. The molecule has 250 valence electrons. The van der Waals surface area contributed by atoms with E-state index in [9.17, 15) is 19.2 Å². The first-order valence-electron chi connectivity index (χ1n) is 16.2. The minimum atomic E-state index is -0.565. The lowest BCUT2D eigenvalue weighted by atomic mass is 9.90. The van der Waals surface area contributed by atoms with Crippen molar-refractivity contribution in [2.45, 2.75) is 84.2 Å². The highest BCUT2D eigenvalue weighted by molar-refractivity contribution is 5.90. The predicted molar refractivity (Wildman–Crippen MR) is 175 cm³/mol. The van der Waals surface area contributed by atoms with E-state index in [1.807, 2.05) is 64.9 Å². The molecule has 1 saturated heterocycles. The molecule has 12 heteroatoms. The van der Waals surface area contributed by atoms with Crippen LogP contribution in [0.2, 0.25) is 0 Å². The molecule has 6 rings (SSSR count). The molecule has 0 N–H and O–H groups in total. The number of nitrogens with zero attached hydrogens (tertiary/aromatic N) is 5. The van der Waals surface area contributed by atoms with Crippen molar-refractivity contribution in [3.63, 3.8) is 0 Å². The van der Waals surface area contributed by atoms with Gasteiger partial charge in [0.15, 0.2) is 0 Å². The topological polar surface area (TPSA) is 124 Å².